The van der Waals surface area contributed by atoms with Gasteiger partial charge in [0, 0.05) is 6.20 Å². The molecule has 3 unspecified atom stereocenters. The highest BCUT2D eigenvalue weighted by Gasteiger charge is 2.52. The van der Waals surface area contributed by atoms with Gasteiger partial charge in [0.25, 0.3) is 0 Å². The summed E-state index contributed by atoms with van der Waals surface area (Å²) in [6.07, 6.45) is 1.82. The SMILES string of the molecule is C=CCOP1(=S)OC[C@H]2O[C@@H](n3cnc4c(N)ccnc43)C(O)C2O1. The molecule has 9 nitrogen and oxygen atoms in total. The van der Waals surface area contributed by atoms with E-state index in [-0.39, 0.29) is 13.2 Å². The van der Waals surface area contributed by atoms with Crippen molar-refractivity contribution in [2.45, 2.75) is 24.5 Å². The van der Waals surface area contributed by atoms with Crippen LogP contribution >= 0.6 is 6.72 Å². The maximum absolute atomic E-state index is 10.7. The van der Waals surface area contributed by atoms with E-state index >= 15 is 0 Å². The summed E-state index contributed by atoms with van der Waals surface area (Å²) < 4.78 is 24.3. The van der Waals surface area contributed by atoms with Crippen LogP contribution in [0.1, 0.15) is 6.23 Å². The van der Waals surface area contributed by atoms with Crippen molar-refractivity contribution in [2.24, 2.45) is 0 Å². The number of nitrogens with two attached hydrogens (primary N) is 1. The van der Waals surface area contributed by atoms with E-state index in [9.17, 15) is 5.11 Å². The fraction of sp³-hybridized carbons (Fsp3) is 0.429. The summed E-state index contributed by atoms with van der Waals surface area (Å²) in [6.45, 7) is 1.03. The zero-order valence-corrected chi connectivity index (χ0v) is 14.8. The lowest BCUT2D eigenvalue weighted by Crippen LogP contribution is -2.39. The fourth-order valence-corrected chi connectivity index (χ4v) is 4.94. The molecule has 2 aliphatic rings. The van der Waals surface area contributed by atoms with Crippen LogP contribution in [-0.2, 0) is 30.1 Å². The Hall–Kier alpha value is -1.39. The minimum atomic E-state index is -2.94. The van der Waals surface area contributed by atoms with Crippen molar-refractivity contribution in [3.63, 3.8) is 0 Å². The second-order valence-electron chi connectivity index (χ2n) is 5.68. The first-order valence-corrected chi connectivity index (χ1v) is 10.2. The first-order valence-electron chi connectivity index (χ1n) is 7.61. The Bertz CT molecular complexity index is 861. The molecule has 0 radical (unpaired) electrons. The monoisotopic (exact) mass is 384 g/mol. The summed E-state index contributed by atoms with van der Waals surface area (Å²) in [5.74, 6) is 0. The van der Waals surface area contributed by atoms with Crippen LogP contribution in [0, 0.1) is 0 Å². The van der Waals surface area contributed by atoms with Gasteiger partial charge < -0.3 is 24.6 Å². The highest BCUT2D eigenvalue weighted by molar-refractivity contribution is 8.07. The van der Waals surface area contributed by atoms with Gasteiger partial charge in [-0.2, -0.15) is 0 Å². The van der Waals surface area contributed by atoms with Crippen LogP contribution in [0.5, 0.6) is 0 Å². The average molecular weight is 384 g/mol. The number of hydrogen-bond donors (Lipinski definition) is 2. The molecule has 25 heavy (non-hydrogen) atoms. The minimum Gasteiger partial charge on any atom is -0.397 e. The van der Waals surface area contributed by atoms with E-state index in [1.165, 1.54) is 6.33 Å². The van der Waals surface area contributed by atoms with Gasteiger partial charge in [-0.25, -0.2) is 9.97 Å². The lowest BCUT2D eigenvalue weighted by Gasteiger charge is -2.33. The number of nitrogen functional groups attached to an aromatic ring is 1. The molecule has 2 aromatic rings. The molecule has 2 fully saturated rings. The van der Waals surface area contributed by atoms with E-state index in [2.05, 4.69) is 16.5 Å². The summed E-state index contributed by atoms with van der Waals surface area (Å²) in [4.78, 5) is 8.52. The predicted octanol–water partition coefficient (Wildman–Crippen LogP) is 1.11. The van der Waals surface area contributed by atoms with Gasteiger partial charge in [-0.3, -0.25) is 9.09 Å². The maximum Gasteiger partial charge on any atom is 0.328 e. The number of imidazole rings is 1. The molecule has 4 rings (SSSR count). The first kappa shape index (κ1) is 17.0. The predicted molar refractivity (Wildman–Crippen MR) is 93.1 cm³/mol. The van der Waals surface area contributed by atoms with E-state index in [0.717, 1.165) is 0 Å². The first-order chi connectivity index (χ1) is 12.0. The molecule has 2 saturated heterocycles. The zero-order valence-electron chi connectivity index (χ0n) is 13.1. The van der Waals surface area contributed by atoms with Gasteiger partial charge in [0.15, 0.2) is 11.9 Å². The van der Waals surface area contributed by atoms with Crippen molar-refractivity contribution >= 4 is 35.4 Å². The van der Waals surface area contributed by atoms with E-state index in [1.54, 1.807) is 22.9 Å². The summed E-state index contributed by atoms with van der Waals surface area (Å²) in [7, 11) is 0. The number of aliphatic hydroxyl groups excluding tert-OH is 1. The third-order valence-electron chi connectivity index (χ3n) is 4.07. The zero-order chi connectivity index (χ0) is 17.6. The van der Waals surface area contributed by atoms with Crippen molar-refractivity contribution in [1.82, 2.24) is 14.5 Å². The molecule has 0 amide bonds. The Labute approximate surface area is 148 Å². The summed E-state index contributed by atoms with van der Waals surface area (Å²) in [5.41, 5.74) is 7.47. The number of ether oxygens (including phenoxy) is 1. The number of hydrogen-bond acceptors (Lipinski definition) is 9. The Morgan fingerprint density at radius 3 is 3.20 bits per heavy atom. The number of anilines is 1. The van der Waals surface area contributed by atoms with Crippen LogP contribution in [0.4, 0.5) is 5.69 Å². The molecule has 134 valence electrons. The van der Waals surface area contributed by atoms with Crippen molar-refractivity contribution in [1.29, 1.82) is 0 Å². The van der Waals surface area contributed by atoms with Crippen LogP contribution in [0.2, 0.25) is 0 Å². The van der Waals surface area contributed by atoms with Crippen molar-refractivity contribution in [3.05, 3.63) is 31.2 Å². The molecule has 4 heterocycles. The molecule has 11 heteroatoms. The molecule has 2 aromatic heterocycles. The number of fused-ring (bicyclic) bond motifs is 2. The molecule has 0 spiro atoms. The fourth-order valence-electron chi connectivity index (χ4n) is 2.91. The van der Waals surface area contributed by atoms with Crippen LogP contribution in [0.3, 0.4) is 0 Å². The molecular weight excluding hydrogens is 367 g/mol. The van der Waals surface area contributed by atoms with Crippen molar-refractivity contribution < 1.29 is 23.4 Å². The van der Waals surface area contributed by atoms with Crippen LogP contribution in [0.15, 0.2) is 31.2 Å². The van der Waals surface area contributed by atoms with Crippen molar-refractivity contribution in [3.8, 4) is 0 Å². The average Bonchev–Trinajstić information content (AvgIpc) is 3.16. The van der Waals surface area contributed by atoms with E-state index < -0.39 is 31.3 Å². The second-order valence-corrected chi connectivity index (χ2v) is 8.64. The Balaban J connectivity index is 1.61. The van der Waals surface area contributed by atoms with Crippen LogP contribution in [-0.4, -0.2) is 51.2 Å². The topological polar surface area (TPSA) is 114 Å². The second kappa shape index (κ2) is 6.40. The number of aliphatic hydroxyl groups is 1. The van der Waals surface area contributed by atoms with Crippen LogP contribution < -0.4 is 5.73 Å². The van der Waals surface area contributed by atoms with E-state index in [1.807, 2.05) is 0 Å². The van der Waals surface area contributed by atoms with Gasteiger partial charge in [-0.05, 0) is 17.9 Å². The Morgan fingerprint density at radius 2 is 2.40 bits per heavy atom. The van der Waals surface area contributed by atoms with E-state index in [0.29, 0.717) is 16.9 Å². The lowest BCUT2D eigenvalue weighted by atomic mass is 10.1. The third kappa shape index (κ3) is 2.89. The summed E-state index contributed by atoms with van der Waals surface area (Å²) in [5, 5.41) is 10.7. The minimum absolute atomic E-state index is 0.175. The molecule has 0 aliphatic carbocycles. The molecule has 0 saturated carbocycles. The molecule has 5 atom stereocenters. The molecule has 0 aromatic carbocycles. The lowest BCUT2D eigenvalue weighted by molar-refractivity contribution is -0.0613. The molecule has 3 N–H and O–H groups in total. The molecular formula is C14H17N4O5PS. The summed E-state index contributed by atoms with van der Waals surface area (Å²) in [6, 6.07) is 1.66. The van der Waals surface area contributed by atoms with Gasteiger partial charge in [0.05, 0.1) is 25.2 Å². The van der Waals surface area contributed by atoms with Crippen molar-refractivity contribution in [2.75, 3.05) is 18.9 Å². The van der Waals surface area contributed by atoms with Gasteiger partial charge in [0.1, 0.15) is 23.8 Å². The van der Waals surface area contributed by atoms with Gasteiger partial charge in [-0.15, -0.1) is 6.58 Å². The standard InChI is InChI=1S/C14H17N4O5PS/c1-2-5-20-24(25)21-6-9-12(23-24)11(19)14(22-9)18-7-17-10-8(15)3-4-16-13(10)18/h2-4,7,9,11-12,14,19H,1,5-6H2,(H2,15,16)/t9-,11?,12?,14-,24?/m1/s1. The number of rotatable bonds is 4. The smallest absolute Gasteiger partial charge is 0.328 e. The number of nitrogens with zero attached hydrogens (tertiary/aromatic N) is 3. The largest absolute Gasteiger partial charge is 0.397 e. The maximum atomic E-state index is 10.7. The molecule has 0 bridgehead atoms. The normalized spacial score (nSPS) is 34.9. The Morgan fingerprint density at radius 1 is 1.56 bits per heavy atom. The third-order valence-corrected chi connectivity index (χ3v) is 6.40. The number of aromatic nitrogens is 3. The highest BCUT2D eigenvalue weighted by atomic mass is 32.5. The van der Waals surface area contributed by atoms with Crippen LogP contribution in [0.25, 0.3) is 11.2 Å². The summed E-state index contributed by atoms with van der Waals surface area (Å²) >= 11 is 5.31. The highest BCUT2D eigenvalue weighted by Crippen LogP contribution is 2.57. The Kier molecular flexibility index (Phi) is 4.37. The van der Waals surface area contributed by atoms with Gasteiger partial charge >= 0.3 is 6.72 Å². The molecule has 2 aliphatic heterocycles. The van der Waals surface area contributed by atoms with Gasteiger partial charge in [0.2, 0.25) is 0 Å². The van der Waals surface area contributed by atoms with Gasteiger partial charge in [-0.1, -0.05) is 6.08 Å². The quantitative estimate of drug-likeness (QED) is 0.591. The van der Waals surface area contributed by atoms with E-state index in [4.69, 9.17) is 35.8 Å². The number of pyridine rings is 1.